The molecule has 0 bridgehead atoms. The van der Waals surface area contributed by atoms with Gasteiger partial charge in [-0.3, -0.25) is 14.2 Å². The van der Waals surface area contributed by atoms with E-state index in [4.69, 9.17) is 0 Å². The van der Waals surface area contributed by atoms with Crippen LogP contribution >= 0.6 is 0 Å². The van der Waals surface area contributed by atoms with Gasteiger partial charge in [0.2, 0.25) is 21.7 Å². The fourth-order valence-electron chi connectivity index (χ4n) is 3.36. The van der Waals surface area contributed by atoms with Gasteiger partial charge in [0.15, 0.2) is 5.69 Å². The lowest BCUT2D eigenvalue weighted by atomic mass is 10.0. The van der Waals surface area contributed by atoms with E-state index in [2.05, 4.69) is 4.98 Å². The van der Waals surface area contributed by atoms with E-state index in [1.807, 2.05) is 5.32 Å². The van der Waals surface area contributed by atoms with Crippen molar-refractivity contribution in [3.05, 3.63) is 50.9 Å². The van der Waals surface area contributed by atoms with Crippen molar-refractivity contribution in [2.45, 2.75) is 31.7 Å². The van der Waals surface area contributed by atoms with Crippen LogP contribution in [-0.4, -0.2) is 41.3 Å². The predicted octanol–water partition coefficient (Wildman–Crippen LogP) is 2.38. The van der Waals surface area contributed by atoms with Crippen molar-refractivity contribution in [1.29, 1.82) is 0 Å². The van der Waals surface area contributed by atoms with Crippen LogP contribution in [0.2, 0.25) is 0 Å². The molecule has 1 aliphatic heterocycles. The lowest BCUT2D eigenvalue weighted by molar-refractivity contribution is -0.143. The highest BCUT2D eigenvalue weighted by Gasteiger charge is 2.37. The van der Waals surface area contributed by atoms with Crippen LogP contribution in [0.5, 0.6) is 5.75 Å². The summed E-state index contributed by atoms with van der Waals surface area (Å²) in [5.74, 6) is -3.22. The number of carbonyl (C=O) groups excluding carboxylic acids is 1. The third-order valence-corrected chi connectivity index (χ3v) is 6.95. The Morgan fingerprint density at radius 2 is 1.66 bits per heavy atom. The Balaban J connectivity index is 1.95. The van der Waals surface area contributed by atoms with Gasteiger partial charge < -0.3 is 10.4 Å². The van der Waals surface area contributed by atoms with E-state index in [1.54, 1.807) is 0 Å². The Kier molecular flexibility index (Phi) is 6.80. The van der Waals surface area contributed by atoms with Crippen molar-refractivity contribution in [2.75, 3.05) is 16.6 Å². The van der Waals surface area contributed by atoms with E-state index in [1.165, 1.54) is 0 Å². The normalized spacial score (nSPS) is 16.3. The molecule has 0 unspecified atom stereocenters. The first-order valence-corrected chi connectivity index (χ1v) is 11.5. The van der Waals surface area contributed by atoms with Crippen molar-refractivity contribution in [3.8, 4) is 5.75 Å². The minimum atomic E-state index is -5.10. The largest absolute Gasteiger partial charge is 0.501 e. The Morgan fingerprint density at radius 1 is 1.09 bits per heavy atom. The van der Waals surface area contributed by atoms with Gasteiger partial charge >= 0.3 is 12.4 Å². The van der Waals surface area contributed by atoms with E-state index >= 15 is 0 Å². The topological polar surface area (TPSA) is 122 Å². The molecule has 0 spiro atoms. The lowest BCUT2D eigenvalue weighted by Gasteiger charge is -2.28. The van der Waals surface area contributed by atoms with Crippen LogP contribution < -0.4 is 15.2 Å². The van der Waals surface area contributed by atoms with E-state index in [-0.39, 0.29) is 18.4 Å². The number of aromatic nitrogens is 2. The van der Waals surface area contributed by atoms with Gasteiger partial charge in [0.05, 0.1) is 16.9 Å². The molecule has 9 nitrogen and oxygen atoms in total. The molecule has 0 aliphatic carbocycles. The number of nitrogens with one attached hydrogen (secondary N) is 1. The van der Waals surface area contributed by atoms with Crippen LogP contribution in [0.1, 0.15) is 40.0 Å². The zero-order chi connectivity index (χ0) is 26.3. The molecule has 1 aromatic heterocycles. The number of aromatic hydroxyl groups is 1. The predicted molar refractivity (Wildman–Crippen MR) is 109 cm³/mol. The molecule has 1 aromatic carbocycles. The molecule has 16 heteroatoms. The third-order valence-electron chi connectivity index (χ3n) is 5.13. The monoisotopic (exact) mass is 528 g/mol. The molecule has 35 heavy (non-hydrogen) atoms. The highest BCUT2D eigenvalue weighted by Crippen LogP contribution is 2.36. The number of rotatable bonds is 4. The Bertz CT molecular complexity index is 1290. The van der Waals surface area contributed by atoms with E-state index < -0.39 is 74.5 Å². The summed E-state index contributed by atoms with van der Waals surface area (Å²) in [6, 6.07) is 0.724. The van der Waals surface area contributed by atoms with Crippen molar-refractivity contribution in [3.63, 3.8) is 0 Å². The van der Waals surface area contributed by atoms with E-state index in [0.29, 0.717) is 29.5 Å². The number of hydrogen-bond donors (Lipinski definition) is 2. The molecule has 1 aliphatic rings. The summed E-state index contributed by atoms with van der Waals surface area (Å²) in [7, 11) is -2.77. The molecule has 192 valence electrons. The van der Waals surface area contributed by atoms with Gasteiger partial charge in [-0.25, -0.2) is 17.7 Å². The molecule has 3 rings (SSSR count). The molecule has 0 radical (unpaired) electrons. The first-order chi connectivity index (χ1) is 16.0. The fourth-order valence-corrected chi connectivity index (χ4v) is 4.97. The van der Waals surface area contributed by atoms with Crippen molar-refractivity contribution >= 4 is 21.9 Å². The second-order valence-electron chi connectivity index (χ2n) is 7.67. The summed E-state index contributed by atoms with van der Waals surface area (Å²) in [5.41, 5.74) is -5.87. The van der Waals surface area contributed by atoms with Crippen LogP contribution in [-0.2, 0) is 36.0 Å². The number of alkyl halides is 6. The second-order valence-corrected chi connectivity index (χ2v) is 9.68. The zero-order valence-corrected chi connectivity index (χ0v) is 18.7. The van der Waals surface area contributed by atoms with Crippen LogP contribution in [0.4, 0.5) is 32.3 Å². The summed E-state index contributed by atoms with van der Waals surface area (Å²) in [5, 5.41) is 12.1. The summed E-state index contributed by atoms with van der Waals surface area (Å²) in [4.78, 5) is 28.7. The molecular weight excluding hydrogens is 510 g/mol. The van der Waals surface area contributed by atoms with Gasteiger partial charge in [-0.1, -0.05) is 0 Å². The van der Waals surface area contributed by atoms with Gasteiger partial charge in [-0.2, -0.15) is 26.3 Å². The fraction of sp³-hybridized carbons (Fsp3) is 0.421. The molecule has 0 atom stereocenters. The average molecular weight is 528 g/mol. The number of nitrogens with zero attached hydrogens (tertiary/aromatic N) is 3. The minimum Gasteiger partial charge on any atom is -0.501 e. The maximum absolute atomic E-state index is 13.0. The molecule has 1 fully saturated rings. The van der Waals surface area contributed by atoms with Gasteiger partial charge in [0, 0.05) is 20.1 Å². The second kappa shape index (κ2) is 9.05. The molecule has 2 heterocycles. The van der Waals surface area contributed by atoms with Crippen molar-refractivity contribution < 1.29 is 44.7 Å². The molecule has 2 N–H and O–H groups in total. The maximum Gasteiger partial charge on any atom is 0.416 e. The number of carbonyl (C=O) groups is 1. The Morgan fingerprint density at radius 3 is 2.17 bits per heavy atom. The van der Waals surface area contributed by atoms with Crippen molar-refractivity contribution in [1.82, 2.24) is 14.9 Å². The molecule has 1 amide bonds. The number of amides is 1. The highest BCUT2D eigenvalue weighted by atomic mass is 32.2. The molecule has 0 saturated carbocycles. The van der Waals surface area contributed by atoms with Gasteiger partial charge in [0.25, 0.3) is 11.5 Å². The average Bonchev–Trinajstić information content (AvgIpc) is 2.75. The SMILES string of the molecule is Cn1c(N2CCCCS2(=O)=O)nc(C(=O)NCc2cc(C(F)(F)F)cc(C(F)(F)F)c2)c(O)c1=O. The summed E-state index contributed by atoms with van der Waals surface area (Å²) in [6.07, 6.45) is -9.41. The first kappa shape index (κ1) is 26.3. The van der Waals surface area contributed by atoms with Gasteiger partial charge in [0.1, 0.15) is 0 Å². The van der Waals surface area contributed by atoms with E-state index in [0.717, 1.165) is 11.4 Å². The van der Waals surface area contributed by atoms with Crippen molar-refractivity contribution in [2.24, 2.45) is 7.05 Å². The number of halogens is 6. The smallest absolute Gasteiger partial charge is 0.416 e. The number of benzene rings is 1. The molecule has 1 saturated heterocycles. The summed E-state index contributed by atoms with van der Waals surface area (Å²) < 4.78 is 104. The van der Waals surface area contributed by atoms with Crippen LogP contribution in [0.15, 0.2) is 23.0 Å². The van der Waals surface area contributed by atoms with Gasteiger partial charge in [-0.15, -0.1) is 0 Å². The Hall–Kier alpha value is -3.30. The number of hydrogen-bond acceptors (Lipinski definition) is 6. The van der Waals surface area contributed by atoms with Crippen LogP contribution in [0, 0.1) is 0 Å². The number of anilines is 1. The van der Waals surface area contributed by atoms with Crippen LogP contribution in [0.3, 0.4) is 0 Å². The number of sulfonamides is 1. The first-order valence-electron chi connectivity index (χ1n) is 9.89. The minimum absolute atomic E-state index is 0.0566. The maximum atomic E-state index is 13.0. The lowest BCUT2D eigenvalue weighted by Crippen LogP contribution is -2.42. The molecule has 2 aromatic rings. The van der Waals surface area contributed by atoms with Gasteiger partial charge in [-0.05, 0) is 36.6 Å². The van der Waals surface area contributed by atoms with E-state index in [9.17, 15) is 49.5 Å². The summed E-state index contributed by atoms with van der Waals surface area (Å²) >= 11 is 0. The third kappa shape index (κ3) is 5.52. The Labute approximate surface area is 194 Å². The molecular formula is C19H18F6N4O5S. The summed E-state index contributed by atoms with van der Waals surface area (Å²) in [6.45, 7) is -0.904. The highest BCUT2D eigenvalue weighted by molar-refractivity contribution is 7.92. The van der Waals surface area contributed by atoms with Crippen LogP contribution in [0.25, 0.3) is 0 Å². The standard InChI is InChI=1S/C19H18F6N4O5S/c1-28-16(32)14(30)13(27-17(28)29-4-2-3-5-35(29,33)34)15(31)26-9-10-6-11(18(20,21)22)8-12(7-10)19(23,24)25/h6-8,30H,2-5,9H2,1H3,(H,26,31). The quantitative estimate of drug-likeness (QED) is 0.588. The zero-order valence-electron chi connectivity index (χ0n) is 17.9.